The first-order valence-electron chi connectivity index (χ1n) is 4.74. The molecule has 0 aromatic rings. The molecule has 1 N–H and O–H groups in total. The molecule has 1 aliphatic rings. The predicted molar refractivity (Wildman–Crippen MR) is 46.5 cm³/mol. The Bertz CT molecular complexity index is 91.6. The van der Waals surface area contributed by atoms with E-state index in [1.807, 2.05) is 0 Å². The molecular weight excluding hydrogens is 138 g/mol. The van der Waals surface area contributed by atoms with E-state index in [0.717, 1.165) is 19.4 Å². The van der Waals surface area contributed by atoms with Gasteiger partial charge in [0.25, 0.3) is 0 Å². The quantitative estimate of drug-likeness (QED) is 0.450. The lowest BCUT2D eigenvalue weighted by Crippen LogP contribution is -2.20. The Kier molecular flexibility index (Phi) is 4.55. The smallest absolute Gasteiger partial charge is 0.0967 e. The SMILES string of the molecule is CCCCCOCNC1CC1. The highest BCUT2D eigenvalue weighted by Crippen LogP contribution is 2.17. The zero-order chi connectivity index (χ0) is 7.94. The zero-order valence-corrected chi connectivity index (χ0v) is 7.44. The Morgan fingerprint density at radius 1 is 1.36 bits per heavy atom. The van der Waals surface area contributed by atoms with E-state index >= 15 is 0 Å². The van der Waals surface area contributed by atoms with Crippen molar-refractivity contribution in [3.8, 4) is 0 Å². The second-order valence-corrected chi connectivity index (χ2v) is 3.24. The molecule has 0 spiro atoms. The van der Waals surface area contributed by atoms with E-state index in [1.165, 1.54) is 32.1 Å². The van der Waals surface area contributed by atoms with Crippen LogP contribution >= 0.6 is 0 Å². The van der Waals surface area contributed by atoms with Gasteiger partial charge in [0.2, 0.25) is 0 Å². The molecule has 0 bridgehead atoms. The Balaban J connectivity index is 1.66. The van der Waals surface area contributed by atoms with Crippen LogP contribution < -0.4 is 5.32 Å². The number of unbranched alkanes of at least 4 members (excludes halogenated alkanes) is 2. The lowest BCUT2D eigenvalue weighted by molar-refractivity contribution is 0.112. The summed E-state index contributed by atoms with van der Waals surface area (Å²) in [6.45, 7) is 3.89. The van der Waals surface area contributed by atoms with Crippen molar-refractivity contribution in [1.29, 1.82) is 0 Å². The fraction of sp³-hybridized carbons (Fsp3) is 1.00. The van der Waals surface area contributed by atoms with Crippen LogP contribution in [0.25, 0.3) is 0 Å². The number of rotatable bonds is 7. The van der Waals surface area contributed by atoms with Crippen LogP contribution in [0.4, 0.5) is 0 Å². The minimum atomic E-state index is 0.758. The van der Waals surface area contributed by atoms with Crippen molar-refractivity contribution >= 4 is 0 Å². The third-order valence-corrected chi connectivity index (χ3v) is 1.94. The summed E-state index contributed by atoms with van der Waals surface area (Å²) in [6, 6.07) is 0.779. The van der Waals surface area contributed by atoms with Crippen molar-refractivity contribution < 1.29 is 4.74 Å². The van der Waals surface area contributed by atoms with Gasteiger partial charge in [-0.25, -0.2) is 0 Å². The minimum absolute atomic E-state index is 0.758. The van der Waals surface area contributed by atoms with E-state index in [2.05, 4.69) is 12.2 Å². The molecule has 0 aromatic carbocycles. The maximum Gasteiger partial charge on any atom is 0.0967 e. The van der Waals surface area contributed by atoms with Crippen LogP contribution in [-0.4, -0.2) is 19.4 Å². The zero-order valence-electron chi connectivity index (χ0n) is 7.44. The summed E-state index contributed by atoms with van der Waals surface area (Å²) in [4.78, 5) is 0. The second kappa shape index (κ2) is 5.56. The summed E-state index contributed by atoms with van der Waals surface area (Å²) in [5.74, 6) is 0. The molecule has 0 aromatic heterocycles. The summed E-state index contributed by atoms with van der Waals surface area (Å²) in [5.41, 5.74) is 0. The highest BCUT2D eigenvalue weighted by Gasteiger charge is 2.19. The van der Waals surface area contributed by atoms with Crippen LogP contribution in [0.1, 0.15) is 39.0 Å². The maximum absolute atomic E-state index is 5.38. The highest BCUT2D eigenvalue weighted by molar-refractivity contribution is 4.79. The Morgan fingerprint density at radius 2 is 2.18 bits per heavy atom. The molecule has 1 aliphatic carbocycles. The first-order chi connectivity index (χ1) is 5.43. The fourth-order valence-corrected chi connectivity index (χ4v) is 0.991. The van der Waals surface area contributed by atoms with Crippen molar-refractivity contribution in [3.63, 3.8) is 0 Å². The van der Waals surface area contributed by atoms with Gasteiger partial charge in [-0.05, 0) is 19.3 Å². The maximum atomic E-state index is 5.38. The first-order valence-corrected chi connectivity index (χ1v) is 4.74. The number of ether oxygens (including phenoxy) is 1. The van der Waals surface area contributed by atoms with Crippen molar-refractivity contribution in [2.45, 2.75) is 45.1 Å². The summed E-state index contributed by atoms with van der Waals surface area (Å²) in [7, 11) is 0. The van der Waals surface area contributed by atoms with E-state index < -0.39 is 0 Å². The van der Waals surface area contributed by atoms with Crippen LogP contribution in [0.2, 0.25) is 0 Å². The first kappa shape index (κ1) is 9.01. The molecule has 0 unspecified atom stereocenters. The Morgan fingerprint density at radius 3 is 2.82 bits per heavy atom. The molecule has 2 heteroatoms. The molecule has 66 valence electrons. The molecule has 1 fully saturated rings. The van der Waals surface area contributed by atoms with E-state index in [4.69, 9.17) is 4.74 Å². The molecule has 0 aliphatic heterocycles. The van der Waals surface area contributed by atoms with E-state index in [-0.39, 0.29) is 0 Å². The molecule has 2 nitrogen and oxygen atoms in total. The third-order valence-electron chi connectivity index (χ3n) is 1.94. The van der Waals surface area contributed by atoms with E-state index in [9.17, 15) is 0 Å². The van der Waals surface area contributed by atoms with Crippen LogP contribution in [0.3, 0.4) is 0 Å². The van der Waals surface area contributed by atoms with Gasteiger partial charge in [-0.3, -0.25) is 5.32 Å². The average Bonchev–Trinajstić information content (AvgIpc) is 2.80. The van der Waals surface area contributed by atoms with Crippen molar-refractivity contribution in [2.75, 3.05) is 13.3 Å². The van der Waals surface area contributed by atoms with Crippen LogP contribution in [0.5, 0.6) is 0 Å². The van der Waals surface area contributed by atoms with Crippen molar-refractivity contribution in [1.82, 2.24) is 5.32 Å². The molecule has 0 saturated heterocycles. The van der Waals surface area contributed by atoms with Crippen molar-refractivity contribution in [3.05, 3.63) is 0 Å². The monoisotopic (exact) mass is 157 g/mol. The number of hydrogen-bond acceptors (Lipinski definition) is 2. The van der Waals surface area contributed by atoms with Crippen molar-refractivity contribution in [2.24, 2.45) is 0 Å². The largest absolute Gasteiger partial charge is 0.366 e. The summed E-state index contributed by atoms with van der Waals surface area (Å²) in [6.07, 6.45) is 6.47. The molecule has 1 rings (SSSR count). The summed E-state index contributed by atoms with van der Waals surface area (Å²) in [5, 5.41) is 3.31. The van der Waals surface area contributed by atoms with Gasteiger partial charge in [0.1, 0.15) is 0 Å². The molecule has 0 amide bonds. The second-order valence-electron chi connectivity index (χ2n) is 3.24. The van der Waals surface area contributed by atoms with Gasteiger partial charge in [-0.1, -0.05) is 19.8 Å². The number of nitrogens with one attached hydrogen (secondary N) is 1. The normalized spacial score (nSPS) is 17.2. The lowest BCUT2D eigenvalue weighted by atomic mass is 10.3. The van der Waals surface area contributed by atoms with Gasteiger partial charge >= 0.3 is 0 Å². The molecule has 1 saturated carbocycles. The summed E-state index contributed by atoms with van der Waals surface area (Å²) >= 11 is 0. The molecule has 0 radical (unpaired) electrons. The topological polar surface area (TPSA) is 21.3 Å². The van der Waals surface area contributed by atoms with Crippen LogP contribution in [0.15, 0.2) is 0 Å². The van der Waals surface area contributed by atoms with Gasteiger partial charge in [-0.15, -0.1) is 0 Å². The van der Waals surface area contributed by atoms with Gasteiger partial charge in [0.05, 0.1) is 6.73 Å². The predicted octanol–water partition coefficient (Wildman–Crippen LogP) is 1.90. The van der Waals surface area contributed by atoms with E-state index in [0.29, 0.717) is 0 Å². The Labute approximate surface area is 69.3 Å². The van der Waals surface area contributed by atoms with Gasteiger partial charge in [-0.2, -0.15) is 0 Å². The molecule has 0 heterocycles. The van der Waals surface area contributed by atoms with Gasteiger partial charge in [0.15, 0.2) is 0 Å². The average molecular weight is 157 g/mol. The van der Waals surface area contributed by atoms with Gasteiger partial charge in [0, 0.05) is 12.6 Å². The number of hydrogen-bond donors (Lipinski definition) is 1. The Hall–Kier alpha value is -0.0800. The minimum Gasteiger partial charge on any atom is -0.366 e. The standard InChI is InChI=1S/C9H19NO/c1-2-3-4-7-11-8-10-9-5-6-9/h9-10H,2-8H2,1H3. The van der Waals surface area contributed by atoms with Crippen LogP contribution in [-0.2, 0) is 4.74 Å². The molecule has 0 atom stereocenters. The molecular formula is C9H19NO. The summed E-state index contributed by atoms with van der Waals surface area (Å²) < 4.78 is 5.38. The van der Waals surface area contributed by atoms with E-state index in [1.54, 1.807) is 0 Å². The lowest BCUT2D eigenvalue weighted by Gasteiger charge is -2.03. The third kappa shape index (κ3) is 5.22. The fourth-order valence-electron chi connectivity index (χ4n) is 0.991. The highest BCUT2D eigenvalue weighted by atomic mass is 16.5. The molecule has 11 heavy (non-hydrogen) atoms. The van der Waals surface area contributed by atoms with Crippen LogP contribution in [0, 0.1) is 0 Å². The van der Waals surface area contributed by atoms with Gasteiger partial charge < -0.3 is 4.74 Å².